The standard InChI is InChI=1S/C17H28N2.ClH/c1-15(2)19(14-17-6-4-3-5-7-17)13-10-16-8-11-18-12-9-16;/h3-7,15-16,18H,8-14H2,1-2H3;1H. The van der Waals surface area contributed by atoms with Gasteiger partial charge in [-0.25, -0.2) is 0 Å². The highest BCUT2D eigenvalue weighted by Gasteiger charge is 2.16. The Hall–Kier alpha value is -0.570. The predicted molar refractivity (Wildman–Crippen MR) is 89.4 cm³/mol. The summed E-state index contributed by atoms with van der Waals surface area (Å²) in [5.74, 6) is 0.929. The Morgan fingerprint density at radius 3 is 2.40 bits per heavy atom. The molecule has 0 radical (unpaired) electrons. The Kier molecular flexibility index (Phi) is 8.20. The van der Waals surface area contributed by atoms with Gasteiger partial charge in [-0.2, -0.15) is 0 Å². The van der Waals surface area contributed by atoms with Gasteiger partial charge in [0.1, 0.15) is 0 Å². The molecular formula is C17H29ClN2. The van der Waals surface area contributed by atoms with E-state index in [1.807, 2.05) is 0 Å². The SMILES string of the molecule is CC(C)N(CCC1CCNCC1)Cc1ccccc1.Cl. The molecule has 1 aliphatic rings. The van der Waals surface area contributed by atoms with Gasteiger partial charge in [-0.05, 0) is 64.2 Å². The Balaban J connectivity index is 0.00000200. The molecule has 2 nitrogen and oxygen atoms in total. The zero-order chi connectivity index (χ0) is 13.5. The molecule has 0 aromatic heterocycles. The maximum Gasteiger partial charge on any atom is 0.0236 e. The molecule has 0 unspecified atom stereocenters. The van der Waals surface area contributed by atoms with E-state index in [1.165, 1.54) is 44.5 Å². The molecule has 1 aromatic carbocycles. The number of rotatable bonds is 6. The summed E-state index contributed by atoms with van der Waals surface area (Å²) in [6.45, 7) is 9.37. The van der Waals surface area contributed by atoms with Crippen molar-refractivity contribution in [3.05, 3.63) is 35.9 Å². The first-order valence-electron chi connectivity index (χ1n) is 7.74. The number of nitrogens with one attached hydrogen (secondary N) is 1. The van der Waals surface area contributed by atoms with E-state index in [1.54, 1.807) is 0 Å². The maximum atomic E-state index is 3.45. The van der Waals surface area contributed by atoms with Crippen LogP contribution in [0.5, 0.6) is 0 Å². The van der Waals surface area contributed by atoms with Crippen LogP contribution in [-0.4, -0.2) is 30.6 Å². The number of hydrogen-bond acceptors (Lipinski definition) is 2. The van der Waals surface area contributed by atoms with Gasteiger partial charge in [0.2, 0.25) is 0 Å². The Morgan fingerprint density at radius 2 is 1.80 bits per heavy atom. The van der Waals surface area contributed by atoms with Crippen LogP contribution in [0.2, 0.25) is 0 Å². The Morgan fingerprint density at radius 1 is 1.15 bits per heavy atom. The van der Waals surface area contributed by atoms with Gasteiger partial charge in [0.05, 0.1) is 0 Å². The second kappa shape index (κ2) is 9.38. The second-order valence-electron chi connectivity index (χ2n) is 6.03. The minimum Gasteiger partial charge on any atom is -0.317 e. The zero-order valence-electron chi connectivity index (χ0n) is 12.8. The lowest BCUT2D eigenvalue weighted by atomic mass is 9.94. The summed E-state index contributed by atoms with van der Waals surface area (Å²) in [5, 5.41) is 3.45. The van der Waals surface area contributed by atoms with E-state index in [0.717, 1.165) is 12.5 Å². The summed E-state index contributed by atoms with van der Waals surface area (Å²) in [7, 11) is 0. The fraction of sp³-hybridized carbons (Fsp3) is 0.647. The minimum absolute atomic E-state index is 0. The zero-order valence-corrected chi connectivity index (χ0v) is 13.7. The van der Waals surface area contributed by atoms with Crippen molar-refractivity contribution in [3.8, 4) is 0 Å². The van der Waals surface area contributed by atoms with E-state index in [2.05, 4.69) is 54.4 Å². The van der Waals surface area contributed by atoms with Crippen molar-refractivity contribution in [2.45, 2.75) is 45.7 Å². The van der Waals surface area contributed by atoms with Crippen LogP contribution in [0.25, 0.3) is 0 Å². The van der Waals surface area contributed by atoms with Crippen LogP contribution in [0.1, 0.15) is 38.7 Å². The molecule has 1 saturated heterocycles. The molecule has 3 heteroatoms. The quantitative estimate of drug-likeness (QED) is 0.861. The fourth-order valence-electron chi connectivity index (χ4n) is 2.86. The number of nitrogens with zero attached hydrogens (tertiary/aromatic N) is 1. The fourth-order valence-corrected chi connectivity index (χ4v) is 2.86. The highest BCUT2D eigenvalue weighted by Crippen LogP contribution is 2.18. The minimum atomic E-state index is 0. The maximum absolute atomic E-state index is 3.45. The molecule has 114 valence electrons. The molecule has 0 aliphatic carbocycles. The van der Waals surface area contributed by atoms with Gasteiger partial charge >= 0.3 is 0 Å². The third-order valence-electron chi connectivity index (χ3n) is 4.24. The molecule has 0 atom stereocenters. The largest absolute Gasteiger partial charge is 0.317 e. The van der Waals surface area contributed by atoms with E-state index >= 15 is 0 Å². The number of piperidine rings is 1. The van der Waals surface area contributed by atoms with E-state index in [-0.39, 0.29) is 12.4 Å². The van der Waals surface area contributed by atoms with E-state index in [4.69, 9.17) is 0 Å². The molecule has 0 saturated carbocycles. The first-order chi connectivity index (χ1) is 9.25. The van der Waals surface area contributed by atoms with Crippen LogP contribution >= 0.6 is 12.4 Å². The highest BCUT2D eigenvalue weighted by molar-refractivity contribution is 5.85. The third-order valence-corrected chi connectivity index (χ3v) is 4.24. The number of benzene rings is 1. The highest BCUT2D eigenvalue weighted by atomic mass is 35.5. The molecule has 2 rings (SSSR count). The van der Waals surface area contributed by atoms with Crippen molar-refractivity contribution in [3.63, 3.8) is 0 Å². The summed E-state index contributed by atoms with van der Waals surface area (Å²) in [4.78, 5) is 2.61. The molecule has 0 spiro atoms. The van der Waals surface area contributed by atoms with Gasteiger partial charge in [-0.1, -0.05) is 30.3 Å². The van der Waals surface area contributed by atoms with Crippen LogP contribution in [-0.2, 0) is 6.54 Å². The van der Waals surface area contributed by atoms with Crippen molar-refractivity contribution >= 4 is 12.4 Å². The molecule has 1 aliphatic heterocycles. The number of halogens is 1. The van der Waals surface area contributed by atoms with Gasteiger partial charge in [0.25, 0.3) is 0 Å². The van der Waals surface area contributed by atoms with E-state index in [0.29, 0.717) is 6.04 Å². The molecule has 1 fully saturated rings. The van der Waals surface area contributed by atoms with Crippen molar-refractivity contribution < 1.29 is 0 Å². The van der Waals surface area contributed by atoms with E-state index < -0.39 is 0 Å². The van der Waals surface area contributed by atoms with Crippen LogP contribution in [0.15, 0.2) is 30.3 Å². The molecule has 1 N–H and O–H groups in total. The van der Waals surface area contributed by atoms with Gasteiger partial charge < -0.3 is 5.32 Å². The lowest BCUT2D eigenvalue weighted by Crippen LogP contribution is -2.34. The summed E-state index contributed by atoms with van der Waals surface area (Å²) in [6, 6.07) is 11.5. The van der Waals surface area contributed by atoms with Crippen molar-refractivity contribution in [2.24, 2.45) is 5.92 Å². The summed E-state index contributed by atoms with van der Waals surface area (Å²) >= 11 is 0. The van der Waals surface area contributed by atoms with Gasteiger partial charge in [-0.15, -0.1) is 12.4 Å². The normalized spacial score (nSPS) is 16.4. The summed E-state index contributed by atoms with van der Waals surface area (Å²) < 4.78 is 0. The lowest BCUT2D eigenvalue weighted by molar-refractivity contribution is 0.188. The van der Waals surface area contributed by atoms with Crippen molar-refractivity contribution in [1.82, 2.24) is 10.2 Å². The summed E-state index contributed by atoms with van der Waals surface area (Å²) in [5.41, 5.74) is 1.43. The van der Waals surface area contributed by atoms with Gasteiger partial charge in [0, 0.05) is 12.6 Å². The smallest absolute Gasteiger partial charge is 0.0236 e. The van der Waals surface area contributed by atoms with Crippen LogP contribution < -0.4 is 5.32 Å². The third kappa shape index (κ3) is 5.82. The van der Waals surface area contributed by atoms with Crippen molar-refractivity contribution in [1.29, 1.82) is 0 Å². The molecular weight excluding hydrogens is 268 g/mol. The second-order valence-corrected chi connectivity index (χ2v) is 6.03. The van der Waals surface area contributed by atoms with E-state index in [9.17, 15) is 0 Å². The predicted octanol–water partition coefficient (Wildman–Crippen LogP) is 3.71. The first kappa shape index (κ1) is 17.5. The van der Waals surface area contributed by atoms with Crippen LogP contribution in [0, 0.1) is 5.92 Å². The molecule has 1 aromatic rings. The topological polar surface area (TPSA) is 15.3 Å². The molecule has 0 bridgehead atoms. The molecule has 0 amide bonds. The lowest BCUT2D eigenvalue weighted by Gasteiger charge is -2.30. The van der Waals surface area contributed by atoms with Gasteiger partial charge in [0.15, 0.2) is 0 Å². The Labute approximate surface area is 130 Å². The van der Waals surface area contributed by atoms with Crippen molar-refractivity contribution in [2.75, 3.05) is 19.6 Å². The van der Waals surface area contributed by atoms with Crippen LogP contribution in [0.4, 0.5) is 0 Å². The average Bonchev–Trinajstić information content (AvgIpc) is 2.45. The average molecular weight is 297 g/mol. The van der Waals surface area contributed by atoms with Crippen LogP contribution in [0.3, 0.4) is 0 Å². The Bertz CT molecular complexity index is 347. The molecule has 1 heterocycles. The summed E-state index contributed by atoms with van der Waals surface area (Å²) in [6.07, 6.45) is 4.07. The first-order valence-corrected chi connectivity index (χ1v) is 7.74. The monoisotopic (exact) mass is 296 g/mol. The van der Waals surface area contributed by atoms with Gasteiger partial charge in [-0.3, -0.25) is 4.90 Å². The number of hydrogen-bond donors (Lipinski definition) is 1. The molecule has 20 heavy (non-hydrogen) atoms.